The van der Waals surface area contributed by atoms with Crippen LogP contribution in [-0.4, -0.2) is 39.7 Å². The number of piperidine rings is 1. The lowest BCUT2D eigenvalue weighted by Crippen LogP contribution is -2.36. The van der Waals surface area contributed by atoms with Gasteiger partial charge < -0.3 is 14.2 Å². The van der Waals surface area contributed by atoms with Crippen molar-refractivity contribution in [1.29, 1.82) is 5.26 Å². The number of thiazole rings is 1. The summed E-state index contributed by atoms with van der Waals surface area (Å²) in [6.07, 6.45) is 7.70. The molecule has 0 spiro atoms. The van der Waals surface area contributed by atoms with Gasteiger partial charge in [-0.3, -0.25) is 0 Å². The van der Waals surface area contributed by atoms with Crippen LogP contribution in [0.2, 0.25) is 0 Å². The number of ether oxygens (including phenoxy) is 1. The van der Waals surface area contributed by atoms with Gasteiger partial charge in [0.05, 0.1) is 30.5 Å². The number of imidazole rings is 1. The Hall–Kier alpha value is -2.92. The number of anilines is 1. The van der Waals surface area contributed by atoms with Crippen molar-refractivity contribution in [3.63, 3.8) is 0 Å². The van der Waals surface area contributed by atoms with E-state index in [0.29, 0.717) is 17.4 Å². The van der Waals surface area contributed by atoms with E-state index in [2.05, 4.69) is 35.9 Å². The number of nitrogens with zero attached hydrogens (tertiary/aromatic N) is 6. The molecule has 0 aliphatic carbocycles. The third kappa shape index (κ3) is 3.51. The van der Waals surface area contributed by atoms with Crippen LogP contribution in [0.3, 0.4) is 0 Å². The smallest absolute Gasteiger partial charge is 0.233 e. The predicted octanol–water partition coefficient (Wildman–Crippen LogP) is 3.05. The highest BCUT2D eigenvalue weighted by molar-refractivity contribution is 7.07. The zero-order valence-electron chi connectivity index (χ0n) is 15.1. The van der Waals surface area contributed by atoms with Gasteiger partial charge in [0.1, 0.15) is 17.5 Å². The van der Waals surface area contributed by atoms with Crippen LogP contribution >= 0.6 is 11.3 Å². The van der Waals surface area contributed by atoms with E-state index in [4.69, 9.17) is 4.74 Å². The molecule has 3 aromatic rings. The summed E-state index contributed by atoms with van der Waals surface area (Å²) in [4.78, 5) is 15.4. The molecule has 0 radical (unpaired) electrons. The number of nitriles is 1. The second-order valence-electron chi connectivity index (χ2n) is 6.50. The van der Waals surface area contributed by atoms with E-state index in [-0.39, 0.29) is 0 Å². The molecule has 0 saturated carbocycles. The van der Waals surface area contributed by atoms with Crippen molar-refractivity contribution in [2.75, 3.05) is 25.1 Å². The average Bonchev–Trinajstić information content (AvgIpc) is 3.40. The molecule has 138 valence electrons. The number of aromatic nitrogens is 4. The number of hydrogen-bond donors (Lipinski definition) is 0. The fourth-order valence-corrected chi connectivity index (χ4v) is 4.22. The summed E-state index contributed by atoms with van der Waals surface area (Å²) >= 11 is 1.61. The SMILES string of the molecule is COc1nccc(N2CCC[C@@H](c3nccn3Cc3cscn3)C2)c1C#N. The molecule has 1 saturated heterocycles. The minimum atomic E-state index is 0.304. The summed E-state index contributed by atoms with van der Waals surface area (Å²) in [5, 5.41) is 11.6. The molecule has 0 unspecified atom stereocenters. The average molecular weight is 380 g/mol. The van der Waals surface area contributed by atoms with Gasteiger partial charge in [-0.05, 0) is 18.9 Å². The van der Waals surface area contributed by atoms with Gasteiger partial charge in [-0.15, -0.1) is 11.3 Å². The topological polar surface area (TPSA) is 79.9 Å². The lowest BCUT2D eigenvalue weighted by atomic mass is 9.96. The Morgan fingerprint density at radius 1 is 1.33 bits per heavy atom. The van der Waals surface area contributed by atoms with E-state index in [9.17, 15) is 5.26 Å². The van der Waals surface area contributed by atoms with Crippen LogP contribution < -0.4 is 9.64 Å². The Balaban J connectivity index is 1.58. The Labute approximate surface area is 161 Å². The van der Waals surface area contributed by atoms with E-state index < -0.39 is 0 Å². The lowest BCUT2D eigenvalue weighted by molar-refractivity contribution is 0.396. The molecule has 8 heteroatoms. The summed E-state index contributed by atoms with van der Waals surface area (Å²) in [5.74, 6) is 1.76. The second-order valence-corrected chi connectivity index (χ2v) is 7.22. The lowest BCUT2D eigenvalue weighted by Gasteiger charge is -2.34. The van der Waals surface area contributed by atoms with Gasteiger partial charge in [-0.2, -0.15) is 5.26 Å². The molecule has 3 aromatic heterocycles. The number of pyridine rings is 1. The van der Waals surface area contributed by atoms with Crippen molar-refractivity contribution < 1.29 is 4.74 Å². The van der Waals surface area contributed by atoms with Gasteiger partial charge in [-0.25, -0.2) is 15.0 Å². The first kappa shape index (κ1) is 17.5. The standard InChI is InChI=1S/C19H20N6OS/c1-26-19-16(9-20)17(4-5-22-19)24-7-2-3-14(10-24)18-21-6-8-25(18)11-15-12-27-13-23-15/h4-6,8,12-14H,2-3,7,10-11H2,1H3/t14-/m1/s1. The van der Waals surface area contributed by atoms with Crippen molar-refractivity contribution in [2.24, 2.45) is 0 Å². The minimum Gasteiger partial charge on any atom is -0.480 e. The fourth-order valence-electron chi connectivity index (χ4n) is 3.67. The number of methoxy groups -OCH3 is 1. The molecule has 1 atom stereocenters. The summed E-state index contributed by atoms with van der Waals surface area (Å²) in [6, 6.07) is 4.14. The predicted molar refractivity (Wildman–Crippen MR) is 103 cm³/mol. The quantitative estimate of drug-likeness (QED) is 0.677. The molecule has 1 aliphatic heterocycles. The van der Waals surface area contributed by atoms with E-state index >= 15 is 0 Å². The molecule has 0 aromatic carbocycles. The Bertz CT molecular complexity index is 946. The Morgan fingerprint density at radius 2 is 2.26 bits per heavy atom. The maximum atomic E-state index is 9.58. The summed E-state index contributed by atoms with van der Waals surface area (Å²) in [6.45, 7) is 2.46. The van der Waals surface area contributed by atoms with Crippen molar-refractivity contribution in [1.82, 2.24) is 19.5 Å². The van der Waals surface area contributed by atoms with Gasteiger partial charge in [-0.1, -0.05) is 0 Å². The van der Waals surface area contributed by atoms with Gasteiger partial charge in [0.15, 0.2) is 0 Å². The maximum absolute atomic E-state index is 9.58. The summed E-state index contributed by atoms with van der Waals surface area (Å²) in [7, 11) is 1.54. The molecular weight excluding hydrogens is 360 g/mol. The molecule has 1 fully saturated rings. The first-order valence-electron chi connectivity index (χ1n) is 8.86. The molecule has 0 amide bonds. The largest absolute Gasteiger partial charge is 0.480 e. The third-order valence-electron chi connectivity index (χ3n) is 4.89. The highest BCUT2D eigenvalue weighted by Crippen LogP contribution is 2.33. The zero-order valence-corrected chi connectivity index (χ0v) is 15.9. The number of hydrogen-bond acceptors (Lipinski definition) is 7. The van der Waals surface area contributed by atoms with Crippen LogP contribution in [0.15, 0.2) is 35.5 Å². The van der Waals surface area contributed by atoms with Gasteiger partial charge >= 0.3 is 0 Å². The van der Waals surface area contributed by atoms with Crippen LogP contribution in [0.1, 0.15) is 35.8 Å². The van der Waals surface area contributed by atoms with Crippen molar-refractivity contribution in [3.05, 3.63) is 52.6 Å². The van der Waals surface area contributed by atoms with Crippen molar-refractivity contribution >= 4 is 17.0 Å². The van der Waals surface area contributed by atoms with Crippen LogP contribution in [0, 0.1) is 11.3 Å². The first-order chi connectivity index (χ1) is 13.3. The molecule has 7 nitrogen and oxygen atoms in total. The van der Waals surface area contributed by atoms with Gasteiger partial charge in [0.25, 0.3) is 0 Å². The zero-order chi connectivity index (χ0) is 18.6. The molecule has 0 bridgehead atoms. The van der Waals surface area contributed by atoms with E-state index in [1.807, 2.05) is 24.0 Å². The number of rotatable bonds is 5. The highest BCUT2D eigenvalue weighted by Gasteiger charge is 2.27. The van der Waals surface area contributed by atoms with E-state index in [1.54, 1.807) is 24.6 Å². The van der Waals surface area contributed by atoms with Crippen LogP contribution in [-0.2, 0) is 6.54 Å². The van der Waals surface area contributed by atoms with Gasteiger partial charge in [0.2, 0.25) is 5.88 Å². The minimum absolute atomic E-state index is 0.304. The molecule has 1 aliphatic rings. The molecule has 4 rings (SSSR count). The van der Waals surface area contributed by atoms with Crippen LogP contribution in [0.25, 0.3) is 0 Å². The van der Waals surface area contributed by atoms with Crippen LogP contribution in [0.5, 0.6) is 5.88 Å². The monoisotopic (exact) mass is 380 g/mol. The molecular formula is C19H20N6OS. The Morgan fingerprint density at radius 3 is 3.04 bits per heavy atom. The Kier molecular flexibility index (Phi) is 5.03. The summed E-state index contributed by atoms with van der Waals surface area (Å²) < 4.78 is 7.44. The van der Waals surface area contributed by atoms with Crippen molar-refractivity contribution in [2.45, 2.75) is 25.3 Å². The maximum Gasteiger partial charge on any atom is 0.233 e. The summed E-state index contributed by atoms with van der Waals surface area (Å²) in [5.41, 5.74) is 4.28. The molecule has 27 heavy (non-hydrogen) atoms. The molecule has 4 heterocycles. The van der Waals surface area contributed by atoms with Crippen LogP contribution in [0.4, 0.5) is 5.69 Å². The van der Waals surface area contributed by atoms with Crippen molar-refractivity contribution in [3.8, 4) is 11.9 Å². The molecule has 0 N–H and O–H groups in total. The van der Waals surface area contributed by atoms with E-state index in [1.165, 1.54) is 0 Å². The third-order valence-corrected chi connectivity index (χ3v) is 5.53. The van der Waals surface area contributed by atoms with E-state index in [0.717, 1.165) is 49.7 Å². The fraction of sp³-hybridized carbons (Fsp3) is 0.368. The normalized spacial score (nSPS) is 16.9. The van der Waals surface area contributed by atoms with Gasteiger partial charge in [0, 0.05) is 43.0 Å². The first-order valence-corrected chi connectivity index (χ1v) is 9.80. The highest BCUT2D eigenvalue weighted by atomic mass is 32.1. The second kappa shape index (κ2) is 7.76.